The highest BCUT2D eigenvalue weighted by atomic mass is 79.9. The van der Waals surface area contributed by atoms with Gasteiger partial charge in [0.15, 0.2) is 5.82 Å². The van der Waals surface area contributed by atoms with Crippen LogP contribution in [0, 0.1) is 0 Å². The number of alkyl halides is 3. The van der Waals surface area contributed by atoms with Gasteiger partial charge in [-0.1, -0.05) is 34.8 Å². The summed E-state index contributed by atoms with van der Waals surface area (Å²) in [6.07, 6.45) is 1.98. The van der Waals surface area contributed by atoms with Crippen LogP contribution in [0.15, 0.2) is 13.4 Å². The maximum atomic E-state index is 6.03. The van der Waals surface area contributed by atoms with Gasteiger partial charge in [0, 0.05) is 15.5 Å². The van der Waals surface area contributed by atoms with Crippen molar-refractivity contribution in [1.29, 1.82) is 0 Å². The zero-order valence-corrected chi connectivity index (χ0v) is 16.3. The zero-order chi connectivity index (χ0) is 13.9. The van der Waals surface area contributed by atoms with Crippen molar-refractivity contribution in [1.82, 2.24) is 9.55 Å². The zero-order valence-electron chi connectivity index (χ0n) is 9.28. The Balaban J connectivity index is 2.49. The highest BCUT2D eigenvalue weighted by Crippen LogP contribution is 2.46. The number of halogens is 6. The first-order chi connectivity index (χ1) is 8.82. The second-order valence-electron chi connectivity index (χ2n) is 4.31. The number of hydrogen-bond acceptors (Lipinski definition) is 1. The fraction of sp³-hybridized carbons (Fsp3) is 0.364. The molecule has 0 saturated carbocycles. The van der Waals surface area contributed by atoms with E-state index in [-0.39, 0.29) is 0 Å². The highest BCUT2D eigenvalue weighted by molar-refractivity contribution is 9.14. The summed E-state index contributed by atoms with van der Waals surface area (Å²) in [6, 6.07) is 0. The molecule has 2 heterocycles. The number of imidazole rings is 1. The Hall–Kier alpha value is 1.00. The first-order valence-electron chi connectivity index (χ1n) is 5.45. The summed E-state index contributed by atoms with van der Waals surface area (Å²) in [5.41, 5.74) is 3.06. The van der Waals surface area contributed by atoms with E-state index in [1.807, 2.05) is 4.57 Å². The van der Waals surface area contributed by atoms with Crippen LogP contribution in [-0.2, 0) is 16.8 Å². The fourth-order valence-electron chi connectivity index (χ4n) is 2.42. The van der Waals surface area contributed by atoms with E-state index in [9.17, 15) is 0 Å². The van der Waals surface area contributed by atoms with E-state index in [4.69, 9.17) is 34.8 Å². The molecule has 0 amide bonds. The standard InChI is InChI=1S/C11H6Br3Cl3N2/c12-5-4-2-1-3-19-9(4)8(7(14)6(5)13)18-10(19)11(15,16)17/h1-3H2. The Labute approximate surface area is 150 Å². The molecule has 0 fully saturated rings. The third kappa shape index (κ3) is 2.29. The van der Waals surface area contributed by atoms with Crippen LogP contribution in [0.2, 0.25) is 0 Å². The summed E-state index contributed by atoms with van der Waals surface area (Å²) in [5.74, 6) is 0.471. The number of rotatable bonds is 0. The first kappa shape index (κ1) is 14.9. The van der Waals surface area contributed by atoms with Gasteiger partial charge in [0.2, 0.25) is 3.79 Å². The third-order valence-electron chi connectivity index (χ3n) is 3.17. The molecule has 1 aromatic carbocycles. The lowest BCUT2D eigenvalue weighted by Gasteiger charge is -2.20. The van der Waals surface area contributed by atoms with Crippen LogP contribution in [0.3, 0.4) is 0 Å². The molecule has 0 spiro atoms. The summed E-state index contributed by atoms with van der Waals surface area (Å²) in [4.78, 5) is 4.53. The molecular weight excluding hydrogens is 506 g/mol. The molecule has 8 heteroatoms. The van der Waals surface area contributed by atoms with Crippen molar-refractivity contribution in [3.05, 3.63) is 24.8 Å². The van der Waals surface area contributed by atoms with Crippen molar-refractivity contribution in [2.45, 2.75) is 23.2 Å². The number of aromatic nitrogens is 2. The summed E-state index contributed by atoms with van der Waals surface area (Å²) < 4.78 is 3.32. The average Bonchev–Trinajstić information content (AvgIpc) is 2.74. The van der Waals surface area contributed by atoms with E-state index in [0.29, 0.717) is 5.82 Å². The van der Waals surface area contributed by atoms with E-state index >= 15 is 0 Å². The monoisotopic (exact) mass is 508 g/mol. The van der Waals surface area contributed by atoms with Crippen LogP contribution in [0.25, 0.3) is 11.0 Å². The molecule has 19 heavy (non-hydrogen) atoms. The van der Waals surface area contributed by atoms with Crippen molar-refractivity contribution < 1.29 is 0 Å². The predicted octanol–water partition coefficient (Wildman–Crippen LogP) is 6.10. The van der Waals surface area contributed by atoms with Gasteiger partial charge in [0.1, 0.15) is 5.52 Å². The summed E-state index contributed by atoms with van der Waals surface area (Å²) in [7, 11) is 0. The van der Waals surface area contributed by atoms with Gasteiger partial charge in [-0.2, -0.15) is 0 Å². The molecule has 2 aromatic rings. The number of aryl methyl sites for hydroxylation is 2. The Morgan fingerprint density at radius 3 is 2.37 bits per heavy atom. The van der Waals surface area contributed by atoms with Gasteiger partial charge < -0.3 is 4.57 Å². The quantitative estimate of drug-likeness (QED) is 0.309. The number of benzene rings is 1. The minimum Gasteiger partial charge on any atom is -0.324 e. The van der Waals surface area contributed by atoms with Crippen LogP contribution in [0.5, 0.6) is 0 Å². The van der Waals surface area contributed by atoms with Gasteiger partial charge in [-0.05, 0) is 66.2 Å². The average molecular weight is 512 g/mol. The third-order valence-corrected chi connectivity index (χ3v) is 7.19. The van der Waals surface area contributed by atoms with E-state index < -0.39 is 3.79 Å². The predicted molar refractivity (Wildman–Crippen MR) is 90.4 cm³/mol. The molecule has 0 atom stereocenters. The van der Waals surface area contributed by atoms with Crippen molar-refractivity contribution in [2.75, 3.05) is 0 Å². The van der Waals surface area contributed by atoms with Gasteiger partial charge in [0.25, 0.3) is 0 Å². The van der Waals surface area contributed by atoms with Gasteiger partial charge in [-0.25, -0.2) is 4.98 Å². The molecule has 0 aliphatic carbocycles. The molecule has 0 N–H and O–H groups in total. The lowest BCUT2D eigenvalue weighted by atomic mass is 10.0. The summed E-state index contributed by atoms with van der Waals surface area (Å²) in [5, 5.41) is 0. The largest absolute Gasteiger partial charge is 0.324 e. The molecule has 1 aliphatic heterocycles. The summed E-state index contributed by atoms with van der Waals surface area (Å²) in [6.45, 7) is 0.813. The van der Waals surface area contributed by atoms with Crippen molar-refractivity contribution in [3.63, 3.8) is 0 Å². The van der Waals surface area contributed by atoms with Crippen LogP contribution in [-0.4, -0.2) is 9.55 Å². The van der Waals surface area contributed by atoms with E-state index in [1.165, 1.54) is 5.56 Å². The maximum absolute atomic E-state index is 6.03. The van der Waals surface area contributed by atoms with Gasteiger partial charge in [-0.15, -0.1) is 0 Å². The first-order valence-corrected chi connectivity index (χ1v) is 8.96. The molecule has 3 rings (SSSR count). The molecule has 1 aromatic heterocycles. The second kappa shape index (κ2) is 5.03. The molecule has 0 unspecified atom stereocenters. The highest BCUT2D eigenvalue weighted by Gasteiger charge is 2.34. The second-order valence-corrected chi connectivity index (χ2v) is 8.97. The number of nitrogens with zero attached hydrogens (tertiary/aromatic N) is 2. The molecule has 0 saturated heterocycles. The van der Waals surface area contributed by atoms with Crippen molar-refractivity contribution in [2.24, 2.45) is 0 Å². The molecule has 2 nitrogen and oxygen atoms in total. The van der Waals surface area contributed by atoms with Gasteiger partial charge in [0.05, 0.1) is 9.99 Å². The topological polar surface area (TPSA) is 17.8 Å². The van der Waals surface area contributed by atoms with Crippen molar-refractivity contribution >= 4 is 93.6 Å². The minimum absolute atomic E-state index is 0.471. The van der Waals surface area contributed by atoms with Crippen molar-refractivity contribution in [3.8, 4) is 0 Å². The lowest BCUT2D eigenvalue weighted by Crippen LogP contribution is -2.16. The lowest BCUT2D eigenvalue weighted by molar-refractivity contribution is 0.606. The minimum atomic E-state index is -1.52. The Morgan fingerprint density at radius 2 is 1.74 bits per heavy atom. The van der Waals surface area contributed by atoms with Gasteiger partial charge >= 0.3 is 0 Å². The molecule has 1 aliphatic rings. The molecule has 0 bridgehead atoms. The van der Waals surface area contributed by atoms with Crippen LogP contribution < -0.4 is 0 Å². The molecule has 102 valence electrons. The number of hydrogen-bond donors (Lipinski definition) is 0. The van der Waals surface area contributed by atoms with Gasteiger partial charge in [-0.3, -0.25) is 0 Å². The van der Waals surface area contributed by atoms with E-state index in [0.717, 1.165) is 43.8 Å². The maximum Gasteiger partial charge on any atom is 0.248 e. The molecule has 0 radical (unpaired) electrons. The summed E-state index contributed by atoms with van der Waals surface area (Å²) >= 11 is 28.8. The van der Waals surface area contributed by atoms with Crippen LogP contribution in [0.1, 0.15) is 17.8 Å². The Morgan fingerprint density at radius 1 is 1.05 bits per heavy atom. The van der Waals surface area contributed by atoms with E-state index in [2.05, 4.69) is 52.8 Å². The van der Waals surface area contributed by atoms with E-state index in [1.54, 1.807) is 0 Å². The normalized spacial score (nSPS) is 15.3. The fourth-order valence-corrected chi connectivity index (χ4v) is 4.61. The molecular formula is C11H6Br3Cl3N2. The smallest absolute Gasteiger partial charge is 0.248 e. The Kier molecular flexibility index (Phi) is 3.95. The SMILES string of the molecule is ClC(Cl)(Cl)c1nc2c(Br)c(Br)c(Br)c3c2n1CCC3. The van der Waals surface area contributed by atoms with Crippen LogP contribution in [0.4, 0.5) is 0 Å². The Bertz CT molecular complexity index is 691. The van der Waals surface area contributed by atoms with Crippen LogP contribution >= 0.6 is 82.6 Å².